The van der Waals surface area contributed by atoms with Crippen LogP contribution in [0.5, 0.6) is 0 Å². The van der Waals surface area contributed by atoms with Gasteiger partial charge in [-0.2, -0.15) is 0 Å². The summed E-state index contributed by atoms with van der Waals surface area (Å²) in [5.74, 6) is -0.459. The summed E-state index contributed by atoms with van der Waals surface area (Å²) >= 11 is 11.3. The van der Waals surface area contributed by atoms with Crippen molar-refractivity contribution in [2.45, 2.75) is 6.04 Å². The fraction of sp³-hybridized carbons (Fsp3) is 0.147. The number of hydrogen-bond acceptors (Lipinski definition) is 4. The molecule has 1 saturated heterocycles. The molecule has 0 spiro atoms. The molecule has 1 aliphatic rings. The number of para-hydroxylation sites is 1. The molecule has 0 radical (unpaired) electrons. The lowest BCUT2D eigenvalue weighted by Crippen LogP contribution is -2.50. The van der Waals surface area contributed by atoms with Crippen LogP contribution < -0.4 is 10.6 Å². The Morgan fingerprint density at radius 2 is 1.33 bits per heavy atom. The summed E-state index contributed by atoms with van der Waals surface area (Å²) in [6, 6.07) is 35.4. The highest BCUT2D eigenvalue weighted by molar-refractivity contribution is 7.80. The van der Waals surface area contributed by atoms with E-state index in [1.807, 2.05) is 41.3 Å². The Bertz CT molecular complexity index is 1510. The molecule has 2 N–H and O–H groups in total. The van der Waals surface area contributed by atoms with Gasteiger partial charge in [0.2, 0.25) is 5.91 Å². The van der Waals surface area contributed by atoms with E-state index in [1.54, 1.807) is 30.3 Å². The first kappa shape index (κ1) is 29.2. The second kappa shape index (κ2) is 14.0. The second-order valence-electron chi connectivity index (χ2n) is 9.93. The highest BCUT2D eigenvalue weighted by atomic mass is 35.5. The lowest BCUT2D eigenvalue weighted by atomic mass is 9.96. The van der Waals surface area contributed by atoms with Crippen molar-refractivity contribution in [3.05, 3.63) is 143 Å². The molecule has 0 saturated carbocycles. The Morgan fingerprint density at radius 1 is 0.762 bits per heavy atom. The van der Waals surface area contributed by atoms with Crippen molar-refractivity contribution < 1.29 is 9.59 Å². The molecule has 42 heavy (non-hydrogen) atoms. The van der Waals surface area contributed by atoms with Crippen LogP contribution in [-0.4, -0.2) is 52.9 Å². The summed E-state index contributed by atoms with van der Waals surface area (Å²) in [5.41, 5.74) is 4.35. The second-order valence-corrected chi connectivity index (χ2v) is 10.8. The third kappa shape index (κ3) is 7.50. The van der Waals surface area contributed by atoms with Gasteiger partial charge >= 0.3 is 0 Å². The first-order valence-electron chi connectivity index (χ1n) is 13.8. The Hall–Kier alpha value is -4.30. The standard InChI is InChI=1S/C34H31ClN4O2S/c35-28-18-15-25(16-19-28)17-20-31(40)37-34(42)36-30-14-8-7-13-29(30)33(41)39-23-21-38(22-24-39)32(26-9-3-1-4-10-26)27-11-5-2-6-12-27/h1-20,32H,21-24H2,(H2,36,37,40,42)/b20-17+. The Morgan fingerprint density at radius 3 is 1.95 bits per heavy atom. The summed E-state index contributed by atoms with van der Waals surface area (Å²) in [5, 5.41) is 6.41. The number of piperazine rings is 1. The largest absolute Gasteiger partial charge is 0.336 e. The van der Waals surface area contributed by atoms with Crippen LogP contribution in [-0.2, 0) is 4.79 Å². The highest BCUT2D eigenvalue weighted by Crippen LogP contribution is 2.30. The van der Waals surface area contributed by atoms with Crippen molar-refractivity contribution >= 4 is 52.5 Å². The number of hydrogen-bond donors (Lipinski definition) is 2. The van der Waals surface area contributed by atoms with Crippen LogP contribution in [0.3, 0.4) is 0 Å². The van der Waals surface area contributed by atoms with Gasteiger partial charge in [-0.05, 0) is 59.2 Å². The lowest BCUT2D eigenvalue weighted by molar-refractivity contribution is -0.115. The summed E-state index contributed by atoms with van der Waals surface area (Å²) in [7, 11) is 0. The third-order valence-corrected chi connectivity index (χ3v) is 7.59. The van der Waals surface area contributed by atoms with Crippen LogP contribution in [0, 0.1) is 0 Å². The molecule has 1 fully saturated rings. The number of nitrogens with zero attached hydrogens (tertiary/aromatic N) is 2. The molecule has 0 aromatic heterocycles. The van der Waals surface area contributed by atoms with Gasteiger partial charge in [-0.15, -0.1) is 0 Å². The van der Waals surface area contributed by atoms with E-state index in [0.29, 0.717) is 29.4 Å². The van der Waals surface area contributed by atoms with Crippen molar-refractivity contribution in [2.24, 2.45) is 0 Å². The maximum Gasteiger partial charge on any atom is 0.256 e. The van der Waals surface area contributed by atoms with Gasteiger partial charge in [-0.1, -0.05) is 96.5 Å². The number of benzene rings is 4. The first-order chi connectivity index (χ1) is 20.5. The predicted octanol–water partition coefficient (Wildman–Crippen LogP) is 6.41. The molecule has 0 aliphatic carbocycles. The summed E-state index contributed by atoms with van der Waals surface area (Å²) in [6.07, 6.45) is 3.07. The van der Waals surface area contributed by atoms with Crippen molar-refractivity contribution in [3.8, 4) is 0 Å². The molecule has 4 aromatic rings. The van der Waals surface area contributed by atoms with Crippen molar-refractivity contribution in [1.29, 1.82) is 0 Å². The van der Waals surface area contributed by atoms with Crippen molar-refractivity contribution in [2.75, 3.05) is 31.5 Å². The molecular formula is C34H31ClN4O2S. The molecule has 1 aliphatic heterocycles. The van der Waals surface area contributed by atoms with Gasteiger partial charge in [0.1, 0.15) is 0 Å². The average molecular weight is 595 g/mol. The zero-order valence-corrected chi connectivity index (χ0v) is 24.5. The van der Waals surface area contributed by atoms with E-state index < -0.39 is 0 Å². The number of carbonyl (C=O) groups is 2. The molecule has 0 bridgehead atoms. The van der Waals surface area contributed by atoms with Crippen LogP contribution >= 0.6 is 23.8 Å². The number of anilines is 1. The minimum atomic E-state index is -0.381. The summed E-state index contributed by atoms with van der Waals surface area (Å²) in [6.45, 7) is 2.68. The smallest absolute Gasteiger partial charge is 0.256 e. The molecule has 6 nitrogen and oxygen atoms in total. The van der Waals surface area contributed by atoms with Gasteiger partial charge < -0.3 is 10.2 Å². The van der Waals surface area contributed by atoms with Crippen LogP contribution in [0.25, 0.3) is 6.08 Å². The number of thiocarbonyl (C=S) groups is 1. The molecule has 0 unspecified atom stereocenters. The molecule has 0 atom stereocenters. The van der Waals surface area contributed by atoms with Gasteiger partial charge in [0.15, 0.2) is 5.11 Å². The van der Waals surface area contributed by atoms with Crippen LogP contribution in [0.2, 0.25) is 5.02 Å². The predicted molar refractivity (Wildman–Crippen MR) is 173 cm³/mol. The monoisotopic (exact) mass is 594 g/mol. The van der Waals surface area contributed by atoms with Crippen LogP contribution in [0.1, 0.15) is 33.1 Å². The van der Waals surface area contributed by atoms with E-state index >= 15 is 0 Å². The zero-order valence-electron chi connectivity index (χ0n) is 22.9. The van der Waals surface area contributed by atoms with Gasteiger partial charge in [0.05, 0.1) is 17.3 Å². The van der Waals surface area contributed by atoms with Crippen LogP contribution in [0.15, 0.2) is 115 Å². The highest BCUT2D eigenvalue weighted by Gasteiger charge is 2.29. The van der Waals surface area contributed by atoms with Gasteiger partial charge in [0, 0.05) is 37.3 Å². The maximum atomic E-state index is 13.6. The quantitative estimate of drug-likeness (QED) is 0.191. The summed E-state index contributed by atoms with van der Waals surface area (Å²) < 4.78 is 0. The van der Waals surface area contributed by atoms with E-state index in [-0.39, 0.29) is 23.0 Å². The van der Waals surface area contributed by atoms with Gasteiger partial charge in [-0.25, -0.2) is 0 Å². The summed E-state index contributed by atoms with van der Waals surface area (Å²) in [4.78, 5) is 30.4. The third-order valence-electron chi connectivity index (χ3n) is 7.14. The number of carbonyl (C=O) groups excluding carboxylic acids is 2. The Labute approximate surface area is 256 Å². The zero-order chi connectivity index (χ0) is 29.3. The topological polar surface area (TPSA) is 64.7 Å². The molecule has 8 heteroatoms. The SMILES string of the molecule is O=C(/C=C/c1ccc(Cl)cc1)NC(=S)Nc1ccccc1C(=O)N1CCN(C(c2ccccc2)c2ccccc2)CC1. The van der Waals surface area contributed by atoms with E-state index in [2.05, 4.69) is 64.1 Å². The Kier molecular flexibility index (Phi) is 9.77. The first-order valence-corrected chi connectivity index (χ1v) is 14.5. The van der Waals surface area contributed by atoms with E-state index in [9.17, 15) is 9.59 Å². The average Bonchev–Trinajstić information content (AvgIpc) is 3.02. The fourth-order valence-electron chi connectivity index (χ4n) is 5.07. The molecule has 5 rings (SSSR count). The van der Waals surface area contributed by atoms with Gasteiger partial charge in [0.25, 0.3) is 5.91 Å². The number of rotatable bonds is 7. The molecule has 4 aromatic carbocycles. The minimum absolute atomic E-state index is 0.0783. The van der Waals surface area contributed by atoms with Crippen molar-refractivity contribution in [3.63, 3.8) is 0 Å². The van der Waals surface area contributed by atoms with E-state index in [4.69, 9.17) is 23.8 Å². The normalized spacial score (nSPS) is 13.7. The van der Waals surface area contributed by atoms with Crippen LogP contribution in [0.4, 0.5) is 5.69 Å². The van der Waals surface area contributed by atoms with Gasteiger partial charge in [-0.3, -0.25) is 19.8 Å². The number of halogens is 1. The molecular weight excluding hydrogens is 564 g/mol. The van der Waals surface area contributed by atoms with Crippen molar-refractivity contribution in [1.82, 2.24) is 15.1 Å². The fourth-order valence-corrected chi connectivity index (χ4v) is 5.41. The molecule has 1 heterocycles. The molecule has 212 valence electrons. The van der Waals surface area contributed by atoms with E-state index in [1.165, 1.54) is 17.2 Å². The lowest BCUT2D eigenvalue weighted by Gasteiger charge is -2.40. The molecule has 2 amide bonds. The van der Waals surface area contributed by atoms with E-state index in [0.717, 1.165) is 18.7 Å². The number of amides is 2. The Balaban J connectivity index is 1.21. The number of nitrogens with one attached hydrogen (secondary N) is 2. The maximum absolute atomic E-state index is 13.6. The minimum Gasteiger partial charge on any atom is -0.336 e.